The van der Waals surface area contributed by atoms with Crippen molar-refractivity contribution < 1.29 is 9.53 Å². The Bertz CT molecular complexity index is 172. The highest BCUT2D eigenvalue weighted by Crippen LogP contribution is 1.91. The van der Waals surface area contributed by atoms with E-state index in [1.54, 1.807) is 6.08 Å². The van der Waals surface area contributed by atoms with Crippen molar-refractivity contribution in [2.24, 2.45) is 5.73 Å². The molecule has 0 spiro atoms. The lowest BCUT2D eigenvalue weighted by molar-refractivity contribution is -0.121. The number of nitrogens with two attached hydrogens (primary N) is 1. The van der Waals surface area contributed by atoms with Crippen molar-refractivity contribution in [3.05, 3.63) is 12.7 Å². The summed E-state index contributed by atoms with van der Waals surface area (Å²) < 4.78 is 5.16. The highest BCUT2D eigenvalue weighted by atomic mass is 16.5. The maximum atomic E-state index is 11.2. The van der Waals surface area contributed by atoms with Crippen molar-refractivity contribution in [2.75, 3.05) is 26.3 Å². The topological polar surface area (TPSA) is 64.3 Å². The molecule has 0 aliphatic rings. The maximum Gasteiger partial charge on any atom is 0.220 e. The number of hydrogen-bond donors (Lipinski definition) is 2. The molecule has 0 aromatic rings. The molecule has 0 fully saturated rings. The zero-order valence-corrected chi connectivity index (χ0v) is 9.34. The third-order valence-corrected chi connectivity index (χ3v) is 1.88. The van der Waals surface area contributed by atoms with Crippen LogP contribution in [0.4, 0.5) is 0 Å². The fraction of sp³-hybridized carbons (Fsp3) is 0.727. The Kier molecular flexibility index (Phi) is 10.6. The van der Waals surface area contributed by atoms with Gasteiger partial charge in [0, 0.05) is 19.6 Å². The van der Waals surface area contributed by atoms with E-state index < -0.39 is 0 Å². The van der Waals surface area contributed by atoms with Crippen LogP contribution in [0.3, 0.4) is 0 Å². The van der Waals surface area contributed by atoms with Crippen molar-refractivity contribution in [1.29, 1.82) is 0 Å². The average Bonchev–Trinajstić information content (AvgIpc) is 2.24. The van der Waals surface area contributed by atoms with Gasteiger partial charge in [0.1, 0.15) is 0 Å². The summed E-state index contributed by atoms with van der Waals surface area (Å²) in [5.41, 5.74) is 5.33. The molecule has 4 nitrogen and oxygen atoms in total. The molecule has 15 heavy (non-hydrogen) atoms. The molecule has 1 amide bonds. The second-order valence-corrected chi connectivity index (χ2v) is 3.31. The van der Waals surface area contributed by atoms with Crippen LogP contribution in [-0.4, -0.2) is 32.2 Å². The molecule has 0 unspecified atom stereocenters. The minimum absolute atomic E-state index is 0.0919. The second-order valence-electron chi connectivity index (χ2n) is 3.31. The molecule has 0 radical (unpaired) electrons. The molecular weight excluding hydrogens is 192 g/mol. The molecular formula is C11H22N2O2. The minimum atomic E-state index is 0.0919. The smallest absolute Gasteiger partial charge is 0.220 e. The molecule has 4 heteroatoms. The van der Waals surface area contributed by atoms with E-state index in [1.807, 2.05) is 0 Å². The van der Waals surface area contributed by atoms with Crippen LogP contribution in [-0.2, 0) is 9.53 Å². The minimum Gasteiger partial charge on any atom is -0.377 e. The summed E-state index contributed by atoms with van der Waals surface area (Å²) in [6, 6.07) is 0. The zero-order valence-electron chi connectivity index (χ0n) is 9.34. The van der Waals surface area contributed by atoms with E-state index >= 15 is 0 Å². The van der Waals surface area contributed by atoms with Gasteiger partial charge in [0.05, 0.1) is 6.61 Å². The van der Waals surface area contributed by atoms with Gasteiger partial charge in [-0.2, -0.15) is 0 Å². The van der Waals surface area contributed by atoms with Crippen LogP contribution >= 0.6 is 0 Å². The summed E-state index contributed by atoms with van der Waals surface area (Å²) in [4.78, 5) is 11.2. The van der Waals surface area contributed by atoms with Gasteiger partial charge in [-0.3, -0.25) is 4.79 Å². The fourth-order valence-corrected chi connectivity index (χ4v) is 1.09. The van der Waals surface area contributed by atoms with E-state index in [1.165, 1.54) is 0 Å². The first-order valence-corrected chi connectivity index (χ1v) is 5.46. The molecule has 0 aromatic carbocycles. The molecule has 0 heterocycles. The standard InChI is InChI=1S/C11H22N2O2/c1-2-9-15-10-5-6-11(14)13-8-4-3-7-12/h2H,1,3-10,12H2,(H,13,14). The van der Waals surface area contributed by atoms with Crippen molar-refractivity contribution in [3.63, 3.8) is 0 Å². The Morgan fingerprint density at radius 2 is 2.20 bits per heavy atom. The van der Waals surface area contributed by atoms with E-state index in [-0.39, 0.29) is 5.91 Å². The summed E-state index contributed by atoms with van der Waals surface area (Å²) in [7, 11) is 0. The number of unbranched alkanes of at least 4 members (excludes halogenated alkanes) is 1. The number of amides is 1. The van der Waals surface area contributed by atoms with Gasteiger partial charge in [-0.15, -0.1) is 6.58 Å². The summed E-state index contributed by atoms with van der Waals surface area (Å²) in [5.74, 6) is 0.0919. The van der Waals surface area contributed by atoms with Gasteiger partial charge in [0.25, 0.3) is 0 Å². The van der Waals surface area contributed by atoms with Crippen molar-refractivity contribution in [3.8, 4) is 0 Å². The summed E-state index contributed by atoms with van der Waals surface area (Å²) in [6.45, 7) is 6.12. The third kappa shape index (κ3) is 11.1. The van der Waals surface area contributed by atoms with E-state index in [2.05, 4.69) is 11.9 Å². The Morgan fingerprint density at radius 1 is 1.40 bits per heavy atom. The first kappa shape index (κ1) is 14.1. The quantitative estimate of drug-likeness (QED) is 0.418. The van der Waals surface area contributed by atoms with Crippen LogP contribution in [0, 0.1) is 0 Å². The monoisotopic (exact) mass is 214 g/mol. The molecule has 0 aliphatic carbocycles. The highest BCUT2D eigenvalue weighted by molar-refractivity contribution is 5.75. The maximum absolute atomic E-state index is 11.2. The predicted molar refractivity (Wildman–Crippen MR) is 61.5 cm³/mol. The lowest BCUT2D eigenvalue weighted by Gasteiger charge is -2.04. The van der Waals surface area contributed by atoms with Crippen LogP contribution in [0.2, 0.25) is 0 Å². The van der Waals surface area contributed by atoms with Crippen molar-refractivity contribution >= 4 is 5.91 Å². The van der Waals surface area contributed by atoms with Crippen LogP contribution in [0.25, 0.3) is 0 Å². The van der Waals surface area contributed by atoms with E-state index in [0.717, 1.165) is 25.8 Å². The first-order chi connectivity index (χ1) is 7.31. The molecule has 0 saturated carbocycles. The average molecular weight is 214 g/mol. The van der Waals surface area contributed by atoms with Gasteiger partial charge in [-0.25, -0.2) is 0 Å². The fourth-order valence-electron chi connectivity index (χ4n) is 1.09. The molecule has 3 N–H and O–H groups in total. The molecule has 88 valence electrons. The van der Waals surface area contributed by atoms with E-state index in [4.69, 9.17) is 10.5 Å². The zero-order chi connectivity index (χ0) is 11.4. The Labute approximate surface area is 91.9 Å². The third-order valence-electron chi connectivity index (χ3n) is 1.88. The number of rotatable bonds is 10. The lowest BCUT2D eigenvalue weighted by Crippen LogP contribution is -2.24. The Balaban J connectivity index is 3.15. The molecule has 0 saturated heterocycles. The second kappa shape index (κ2) is 11.2. The predicted octanol–water partition coefficient (Wildman–Crippen LogP) is 0.824. The summed E-state index contributed by atoms with van der Waals surface area (Å²) >= 11 is 0. The van der Waals surface area contributed by atoms with Gasteiger partial charge in [-0.1, -0.05) is 6.08 Å². The number of carbonyl (C=O) groups excluding carboxylic acids is 1. The number of ether oxygens (including phenoxy) is 1. The van der Waals surface area contributed by atoms with Crippen molar-refractivity contribution in [1.82, 2.24) is 5.32 Å². The Hall–Kier alpha value is -0.870. The molecule has 0 aromatic heterocycles. The van der Waals surface area contributed by atoms with Gasteiger partial charge in [-0.05, 0) is 25.8 Å². The normalized spacial score (nSPS) is 9.93. The molecule has 0 bridgehead atoms. The van der Waals surface area contributed by atoms with Crippen LogP contribution in [0.15, 0.2) is 12.7 Å². The van der Waals surface area contributed by atoms with Gasteiger partial charge in [0.2, 0.25) is 5.91 Å². The van der Waals surface area contributed by atoms with Gasteiger partial charge >= 0.3 is 0 Å². The van der Waals surface area contributed by atoms with Gasteiger partial charge in [0.15, 0.2) is 0 Å². The Morgan fingerprint density at radius 3 is 2.87 bits per heavy atom. The molecule has 0 aliphatic heterocycles. The lowest BCUT2D eigenvalue weighted by atomic mass is 10.3. The van der Waals surface area contributed by atoms with E-state index in [9.17, 15) is 4.79 Å². The number of carbonyl (C=O) groups is 1. The van der Waals surface area contributed by atoms with Crippen LogP contribution in [0.5, 0.6) is 0 Å². The van der Waals surface area contributed by atoms with Crippen LogP contribution in [0.1, 0.15) is 25.7 Å². The van der Waals surface area contributed by atoms with E-state index in [0.29, 0.717) is 26.2 Å². The number of nitrogens with one attached hydrogen (secondary N) is 1. The molecule has 0 atom stereocenters. The van der Waals surface area contributed by atoms with Crippen LogP contribution < -0.4 is 11.1 Å². The summed E-state index contributed by atoms with van der Waals surface area (Å²) in [6.07, 6.45) is 4.90. The largest absolute Gasteiger partial charge is 0.377 e. The first-order valence-electron chi connectivity index (χ1n) is 5.46. The molecule has 0 rings (SSSR count). The van der Waals surface area contributed by atoms with Gasteiger partial charge < -0.3 is 15.8 Å². The number of hydrogen-bond acceptors (Lipinski definition) is 3. The summed E-state index contributed by atoms with van der Waals surface area (Å²) in [5, 5.41) is 2.84. The van der Waals surface area contributed by atoms with Crippen molar-refractivity contribution in [2.45, 2.75) is 25.7 Å². The highest BCUT2D eigenvalue weighted by Gasteiger charge is 1.99. The SMILES string of the molecule is C=CCOCCCC(=O)NCCCCN.